The van der Waals surface area contributed by atoms with E-state index < -0.39 is 0 Å². The Balaban J connectivity index is 2.00. The number of ether oxygens (including phenoxy) is 1. The Morgan fingerprint density at radius 2 is 2.23 bits per heavy atom. The van der Waals surface area contributed by atoms with Gasteiger partial charge in [-0.15, -0.1) is 5.10 Å². The van der Waals surface area contributed by atoms with Gasteiger partial charge in [-0.3, -0.25) is 14.3 Å². The van der Waals surface area contributed by atoms with E-state index in [1.165, 1.54) is 29.9 Å². The number of hydrogen-bond acceptors (Lipinski definition) is 6. The van der Waals surface area contributed by atoms with E-state index in [-0.39, 0.29) is 29.8 Å². The molecule has 2 rings (SSSR count). The third-order valence-corrected chi connectivity index (χ3v) is 2.84. The van der Waals surface area contributed by atoms with E-state index in [4.69, 9.17) is 9.26 Å². The highest BCUT2D eigenvalue weighted by molar-refractivity contribution is 6.00. The Bertz CT molecular complexity index is 690. The second-order valence-electron chi connectivity index (χ2n) is 4.76. The van der Waals surface area contributed by atoms with Gasteiger partial charge in [-0.05, 0) is 6.92 Å². The zero-order valence-corrected chi connectivity index (χ0v) is 12.8. The van der Waals surface area contributed by atoms with E-state index in [9.17, 15) is 9.59 Å². The third kappa shape index (κ3) is 3.43. The first-order valence-electron chi connectivity index (χ1n) is 6.47. The summed E-state index contributed by atoms with van der Waals surface area (Å²) in [5.41, 5.74) is 0.289. The average Bonchev–Trinajstić information content (AvgIpc) is 3.03. The van der Waals surface area contributed by atoms with Gasteiger partial charge in [-0.1, -0.05) is 5.16 Å². The van der Waals surface area contributed by atoms with Crippen molar-refractivity contribution in [1.29, 1.82) is 0 Å². The lowest BCUT2D eigenvalue weighted by atomic mass is 10.3. The molecule has 0 aliphatic heterocycles. The van der Waals surface area contributed by atoms with E-state index in [0.717, 1.165) is 0 Å². The van der Waals surface area contributed by atoms with Gasteiger partial charge in [-0.25, -0.2) is 0 Å². The average molecular weight is 307 g/mol. The standard InChI is InChI=1S/C13H17N5O4/c1-8-5-10(16-22-8)14-11(19)7-17(2)13(20)9-6-18(3)15-12(9)21-4/h5-6H,7H2,1-4H3,(H,14,16,19). The van der Waals surface area contributed by atoms with Crippen LogP contribution in [0.15, 0.2) is 16.8 Å². The first-order valence-corrected chi connectivity index (χ1v) is 6.47. The van der Waals surface area contributed by atoms with Gasteiger partial charge >= 0.3 is 0 Å². The number of aryl methyl sites for hydroxylation is 2. The molecule has 0 aliphatic rings. The molecule has 0 saturated carbocycles. The van der Waals surface area contributed by atoms with Gasteiger partial charge in [0.25, 0.3) is 5.91 Å². The van der Waals surface area contributed by atoms with Crippen molar-refractivity contribution in [3.8, 4) is 5.88 Å². The normalized spacial score (nSPS) is 10.4. The molecular formula is C13H17N5O4. The lowest BCUT2D eigenvalue weighted by molar-refractivity contribution is -0.116. The van der Waals surface area contributed by atoms with Crippen LogP contribution in [0.4, 0.5) is 5.82 Å². The van der Waals surface area contributed by atoms with Crippen LogP contribution < -0.4 is 10.1 Å². The van der Waals surface area contributed by atoms with Crippen molar-refractivity contribution in [2.75, 3.05) is 26.0 Å². The van der Waals surface area contributed by atoms with Crippen LogP contribution in [0.5, 0.6) is 5.88 Å². The molecule has 0 spiro atoms. The minimum atomic E-state index is -0.382. The number of methoxy groups -OCH3 is 1. The van der Waals surface area contributed by atoms with E-state index in [1.54, 1.807) is 20.0 Å². The molecule has 9 heteroatoms. The Labute approximate surface area is 126 Å². The summed E-state index contributed by atoms with van der Waals surface area (Å²) in [4.78, 5) is 25.5. The number of likely N-dealkylation sites (N-methyl/N-ethyl adjacent to an activating group) is 1. The Hall–Kier alpha value is -2.84. The SMILES string of the molecule is COc1nn(C)cc1C(=O)N(C)CC(=O)Nc1cc(C)on1. The highest BCUT2D eigenvalue weighted by Gasteiger charge is 2.21. The number of amides is 2. The van der Waals surface area contributed by atoms with Crippen molar-refractivity contribution >= 4 is 17.6 Å². The van der Waals surface area contributed by atoms with Crippen LogP contribution in [-0.4, -0.2) is 52.4 Å². The van der Waals surface area contributed by atoms with Gasteiger partial charge in [0.05, 0.1) is 13.7 Å². The van der Waals surface area contributed by atoms with Crippen LogP contribution >= 0.6 is 0 Å². The molecule has 0 radical (unpaired) electrons. The van der Waals surface area contributed by atoms with Crippen molar-refractivity contribution in [2.24, 2.45) is 7.05 Å². The summed E-state index contributed by atoms with van der Waals surface area (Å²) in [5, 5.41) is 10.2. The zero-order chi connectivity index (χ0) is 16.3. The van der Waals surface area contributed by atoms with Gasteiger partial charge in [-0.2, -0.15) is 0 Å². The number of rotatable bonds is 5. The molecule has 0 aliphatic carbocycles. The summed E-state index contributed by atoms with van der Waals surface area (Å²) in [6.45, 7) is 1.58. The van der Waals surface area contributed by atoms with Crippen LogP contribution in [0.3, 0.4) is 0 Å². The zero-order valence-electron chi connectivity index (χ0n) is 12.8. The van der Waals surface area contributed by atoms with Crippen LogP contribution in [0.2, 0.25) is 0 Å². The lowest BCUT2D eigenvalue weighted by Gasteiger charge is -2.15. The van der Waals surface area contributed by atoms with Crippen molar-refractivity contribution in [3.05, 3.63) is 23.6 Å². The second kappa shape index (κ2) is 6.29. The second-order valence-corrected chi connectivity index (χ2v) is 4.76. The molecule has 22 heavy (non-hydrogen) atoms. The first-order chi connectivity index (χ1) is 10.4. The summed E-state index contributed by atoms with van der Waals surface area (Å²) in [6.07, 6.45) is 1.54. The van der Waals surface area contributed by atoms with Gasteiger partial charge in [0, 0.05) is 26.4 Å². The summed E-state index contributed by atoms with van der Waals surface area (Å²) in [6, 6.07) is 1.59. The molecule has 0 bridgehead atoms. The molecule has 2 aromatic heterocycles. The molecule has 2 amide bonds. The van der Waals surface area contributed by atoms with Gasteiger partial charge in [0.15, 0.2) is 5.82 Å². The van der Waals surface area contributed by atoms with Gasteiger partial charge < -0.3 is 19.5 Å². The molecular weight excluding hydrogens is 290 g/mol. The molecule has 2 heterocycles. The van der Waals surface area contributed by atoms with E-state index in [1.807, 2.05) is 0 Å². The number of nitrogens with one attached hydrogen (secondary N) is 1. The lowest BCUT2D eigenvalue weighted by Crippen LogP contribution is -2.35. The summed E-state index contributed by atoms with van der Waals surface area (Å²) in [5.74, 6) is 0.359. The Morgan fingerprint density at radius 1 is 1.50 bits per heavy atom. The smallest absolute Gasteiger partial charge is 0.261 e. The van der Waals surface area contributed by atoms with Crippen LogP contribution in [0.1, 0.15) is 16.1 Å². The molecule has 0 fully saturated rings. The third-order valence-electron chi connectivity index (χ3n) is 2.84. The summed E-state index contributed by atoms with van der Waals surface area (Å²) in [7, 11) is 4.63. The molecule has 0 saturated heterocycles. The number of nitrogens with zero attached hydrogens (tertiary/aromatic N) is 4. The number of aromatic nitrogens is 3. The molecule has 9 nitrogen and oxygen atoms in total. The maximum atomic E-state index is 12.3. The maximum Gasteiger partial charge on any atom is 0.261 e. The quantitative estimate of drug-likeness (QED) is 0.859. The highest BCUT2D eigenvalue weighted by Crippen LogP contribution is 2.16. The fraction of sp³-hybridized carbons (Fsp3) is 0.385. The minimum absolute atomic E-state index is 0.136. The largest absolute Gasteiger partial charge is 0.479 e. The monoisotopic (exact) mass is 307 g/mol. The first kappa shape index (κ1) is 15.5. The van der Waals surface area contributed by atoms with E-state index in [2.05, 4.69) is 15.6 Å². The number of hydrogen-bond donors (Lipinski definition) is 1. The van der Waals surface area contributed by atoms with Gasteiger partial charge in [0.1, 0.15) is 11.3 Å². The fourth-order valence-electron chi connectivity index (χ4n) is 1.87. The highest BCUT2D eigenvalue weighted by atomic mass is 16.5. The van der Waals surface area contributed by atoms with E-state index >= 15 is 0 Å². The van der Waals surface area contributed by atoms with Crippen LogP contribution in [0.25, 0.3) is 0 Å². The summed E-state index contributed by atoms with van der Waals surface area (Å²) < 4.78 is 11.4. The Kier molecular flexibility index (Phi) is 4.44. The minimum Gasteiger partial charge on any atom is -0.479 e. The molecule has 0 atom stereocenters. The topological polar surface area (TPSA) is 102 Å². The maximum absolute atomic E-state index is 12.3. The predicted octanol–water partition coefficient (Wildman–Crippen LogP) is 0.436. The molecule has 0 unspecified atom stereocenters. The van der Waals surface area contributed by atoms with Crippen LogP contribution in [-0.2, 0) is 11.8 Å². The fourth-order valence-corrected chi connectivity index (χ4v) is 1.87. The summed E-state index contributed by atoms with van der Waals surface area (Å²) >= 11 is 0. The predicted molar refractivity (Wildman–Crippen MR) is 76.6 cm³/mol. The number of carbonyl (C=O) groups is 2. The van der Waals surface area contributed by atoms with Crippen molar-refractivity contribution < 1.29 is 18.8 Å². The van der Waals surface area contributed by atoms with Gasteiger partial charge in [0.2, 0.25) is 11.8 Å². The number of carbonyl (C=O) groups excluding carboxylic acids is 2. The van der Waals surface area contributed by atoms with Crippen molar-refractivity contribution in [1.82, 2.24) is 19.8 Å². The molecule has 2 aromatic rings. The Morgan fingerprint density at radius 3 is 2.82 bits per heavy atom. The van der Waals surface area contributed by atoms with Crippen LogP contribution in [0, 0.1) is 6.92 Å². The molecule has 0 aromatic carbocycles. The van der Waals surface area contributed by atoms with Crippen molar-refractivity contribution in [2.45, 2.75) is 6.92 Å². The van der Waals surface area contributed by atoms with E-state index in [0.29, 0.717) is 11.6 Å². The van der Waals surface area contributed by atoms with Crippen molar-refractivity contribution in [3.63, 3.8) is 0 Å². The number of anilines is 1. The molecule has 118 valence electrons. The molecule has 1 N–H and O–H groups in total.